The molecule has 0 aliphatic heterocycles. The molecule has 1 heterocycles. The first-order valence-electron chi connectivity index (χ1n) is 6.90. The third-order valence-electron chi connectivity index (χ3n) is 3.88. The van der Waals surface area contributed by atoms with Gasteiger partial charge < -0.3 is 10.5 Å². The highest BCUT2D eigenvalue weighted by Crippen LogP contribution is 2.41. The molecule has 1 aromatic carbocycles. The molecule has 21 heavy (non-hydrogen) atoms. The average Bonchev–Trinajstić information content (AvgIpc) is 2.87. The van der Waals surface area contributed by atoms with Crippen LogP contribution < -0.4 is 10.5 Å². The molecule has 0 spiro atoms. The molecule has 1 fully saturated rings. The SMILES string of the molecule is N[C@H]1CC[C@@H](Oc2ccc3[nH]ncc3c2C(F)(F)F)CC1. The molecular weight excluding hydrogens is 283 g/mol. The minimum atomic E-state index is -4.48. The molecule has 114 valence electrons. The predicted molar refractivity (Wildman–Crippen MR) is 72.0 cm³/mol. The number of ether oxygens (including phenoxy) is 1. The summed E-state index contributed by atoms with van der Waals surface area (Å²) < 4.78 is 45.6. The number of H-pyrrole nitrogens is 1. The molecule has 0 bridgehead atoms. The monoisotopic (exact) mass is 299 g/mol. The number of hydrogen-bond acceptors (Lipinski definition) is 3. The summed E-state index contributed by atoms with van der Waals surface area (Å²) in [5.41, 5.74) is 5.39. The third-order valence-corrected chi connectivity index (χ3v) is 3.88. The summed E-state index contributed by atoms with van der Waals surface area (Å²) in [5.74, 6) is -0.128. The van der Waals surface area contributed by atoms with E-state index in [-0.39, 0.29) is 23.3 Å². The number of aromatic nitrogens is 2. The van der Waals surface area contributed by atoms with Gasteiger partial charge in [0, 0.05) is 11.4 Å². The maximum Gasteiger partial charge on any atom is 0.420 e. The van der Waals surface area contributed by atoms with Gasteiger partial charge in [-0.3, -0.25) is 5.10 Å². The van der Waals surface area contributed by atoms with E-state index < -0.39 is 11.7 Å². The van der Waals surface area contributed by atoms with Crippen molar-refractivity contribution in [3.05, 3.63) is 23.9 Å². The molecule has 4 nitrogen and oxygen atoms in total. The third kappa shape index (κ3) is 2.83. The van der Waals surface area contributed by atoms with Crippen molar-refractivity contribution in [1.29, 1.82) is 0 Å². The van der Waals surface area contributed by atoms with Crippen molar-refractivity contribution in [3.63, 3.8) is 0 Å². The first-order valence-corrected chi connectivity index (χ1v) is 6.90. The van der Waals surface area contributed by atoms with Crippen LogP contribution in [0.1, 0.15) is 31.2 Å². The van der Waals surface area contributed by atoms with Crippen LogP contribution in [0.5, 0.6) is 5.75 Å². The number of nitrogens with zero attached hydrogens (tertiary/aromatic N) is 1. The fraction of sp³-hybridized carbons (Fsp3) is 0.500. The quantitative estimate of drug-likeness (QED) is 0.895. The number of alkyl halides is 3. The number of nitrogens with two attached hydrogens (primary N) is 1. The van der Waals surface area contributed by atoms with Crippen molar-refractivity contribution in [2.75, 3.05) is 0 Å². The van der Waals surface area contributed by atoms with E-state index >= 15 is 0 Å². The Labute approximate surface area is 119 Å². The van der Waals surface area contributed by atoms with E-state index in [1.54, 1.807) is 6.07 Å². The minimum Gasteiger partial charge on any atom is -0.490 e. The number of nitrogens with one attached hydrogen (secondary N) is 1. The van der Waals surface area contributed by atoms with Gasteiger partial charge >= 0.3 is 6.18 Å². The van der Waals surface area contributed by atoms with Crippen LogP contribution in [0, 0.1) is 0 Å². The Hall–Kier alpha value is -1.76. The molecule has 0 amide bonds. The first kappa shape index (κ1) is 14.2. The van der Waals surface area contributed by atoms with Crippen molar-refractivity contribution in [1.82, 2.24) is 10.2 Å². The summed E-state index contributed by atoms with van der Waals surface area (Å²) in [4.78, 5) is 0. The van der Waals surface area contributed by atoms with E-state index in [1.165, 1.54) is 12.3 Å². The van der Waals surface area contributed by atoms with E-state index in [2.05, 4.69) is 10.2 Å². The Kier molecular flexibility index (Phi) is 3.52. The average molecular weight is 299 g/mol. The summed E-state index contributed by atoms with van der Waals surface area (Å²) >= 11 is 0. The number of aromatic amines is 1. The lowest BCUT2D eigenvalue weighted by Gasteiger charge is -2.28. The van der Waals surface area contributed by atoms with Crippen molar-refractivity contribution in [2.45, 2.75) is 44.0 Å². The van der Waals surface area contributed by atoms with Crippen LogP contribution in [0.2, 0.25) is 0 Å². The molecule has 1 aromatic heterocycles. The highest BCUT2D eigenvalue weighted by Gasteiger charge is 2.37. The second-order valence-electron chi connectivity index (χ2n) is 5.42. The molecule has 0 radical (unpaired) electrons. The van der Waals surface area contributed by atoms with Gasteiger partial charge in [-0.15, -0.1) is 0 Å². The Morgan fingerprint density at radius 1 is 1.19 bits per heavy atom. The maximum absolute atomic E-state index is 13.3. The summed E-state index contributed by atoms with van der Waals surface area (Å²) in [5, 5.41) is 6.26. The molecule has 1 aliphatic rings. The van der Waals surface area contributed by atoms with Crippen molar-refractivity contribution in [3.8, 4) is 5.75 Å². The zero-order valence-corrected chi connectivity index (χ0v) is 11.3. The van der Waals surface area contributed by atoms with E-state index in [9.17, 15) is 13.2 Å². The fourth-order valence-electron chi connectivity index (χ4n) is 2.77. The van der Waals surface area contributed by atoms with Gasteiger partial charge in [0.2, 0.25) is 0 Å². The number of hydrogen-bond donors (Lipinski definition) is 2. The van der Waals surface area contributed by atoms with Gasteiger partial charge in [-0.05, 0) is 37.8 Å². The molecule has 7 heteroatoms. The lowest BCUT2D eigenvalue weighted by Crippen LogP contribution is -2.32. The topological polar surface area (TPSA) is 63.9 Å². The summed E-state index contributed by atoms with van der Waals surface area (Å²) in [6.07, 6.45) is -0.592. The highest BCUT2D eigenvalue weighted by atomic mass is 19.4. The second-order valence-corrected chi connectivity index (χ2v) is 5.42. The number of benzene rings is 1. The number of fused-ring (bicyclic) bond motifs is 1. The van der Waals surface area contributed by atoms with Gasteiger partial charge in [0.25, 0.3) is 0 Å². The standard InChI is InChI=1S/C14H16F3N3O/c15-14(16,17)13-10-7-19-20-11(10)5-6-12(13)21-9-3-1-8(18)2-4-9/h5-9H,1-4,18H2,(H,19,20)/t8-,9+. The molecule has 0 atom stereocenters. The lowest BCUT2D eigenvalue weighted by molar-refractivity contribution is -0.138. The Balaban J connectivity index is 1.94. The molecule has 1 saturated carbocycles. The van der Waals surface area contributed by atoms with Crippen LogP contribution in [0.3, 0.4) is 0 Å². The summed E-state index contributed by atoms with van der Waals surface area (Å²) in [6.45, 7) is 0. The van der Waals surface area contributed by atoms with Crippen LogP contribution in [0.25, 0.3) is 10.9 Å². The van der Waals surface area contributed by atoms with E-state index in [0.29, 0.717) is 18.4 Å². The molecular formula is C14H16F3N3O. The molecule has 0 unspecified atom stereocenters. The highest BCUT2D eigenvalue weighted by molar-refractivity contribution is 5.84. The Morgan fingerprint density at radius 2 is 1.90 bits per heavy atom. The molecule has 3 N–H and O–H groups in total. The lowest BCUT2D eigenvalue weighted by atomic mass is 9.93. The van der Waals surface area contributed by atoms with Crippen LogP contribution in [0.15, 0.2) is 18.3 Å². The molecule has 0 saturated heterocycles. The van der Waals surface area contributed by atoms with Crippen molar-refractivity contribution >= 4 is 10.9 Å². The number of rotatable bonds is 2. The normalized spacial score (nSPS) is 23.4. The van der Waals surface area contributed by atoms with Crippen LogP contribution in [-0.2, 0) is 6.18 Å². The van der Waals surface area contributed by atoms with Gasteiger partial charge in [0.1, 0.15) is 11.3 Å². The number of halogens is 3. The predicted octanol–water partition coefficient (Wildman–Crippen LogP) is 3.23. The maximum atomic E-state index is 13.3. The van der Waals surface area contributed by atoms with Gasteiger partial charge in [-0.2, -0.15) is 18.3 Å². The Morgan fingerprint density at radius 3 is 2.57 bits per heavy atom. The zero-order chi connectivity index (χ0) is 15.0. The fourth-order valence-corrected chi connectivity index (χ4v) is 2.77. The van der Waals surface area contributed by atoms with Gasteiger partial charge in [-0.1, -0.05) is 0 Å². The van der Waals surface area contributed by atoms with Crippen molar-refractivity contribution < 1.29 is 17.9 Å². The van der Waals surface area contributed by atoms with Gasteiger partial charge in [0.15, 0.2) is 0 Å². The van der Waals surface area contributed by atoms with Crippen LogP contribution in [0.4, 0.5) is 13.2 Å². The second kappa shape index (κ2) is 5.22. The molecule has 3 rings (SSSR count). The van der Waals surface area contributed by atoms with E-state index in [0.717, 1.165) is 12.8 Å². The largest absolute Gasteiger partial charge is 0.490 e. The molecule has 2 aromatic rings. The summed E-state index contributed by atoms with van der Waals surface area (Å²) in [7, 11) is 0. The van der Waals surface area contributed by atoms with Gasteiger partial charge in [0.05, 0.1) is 17.8 Å². The van der Waals surface area contributed by atoms with Crippen LogP contribution >= 0.6 is 0 Å². The Bertz CT molecular complexity index is 630. The van der Waals surface area contributed by atoms with Crippen LogP contribution in [-0.4, -0.2) is 22.3 Å². The van der Waals surface area contributed by atoms with Gasteiger partial charge in [-0.25, -0.2) is 0 Å². The van der Waals surface area contributed by atoms with E-state index in [1.807, 2.05) is 0 Å². The molecule has 1 aliphatic carbocycles. The smallest absolute Gasteiger partial charge is 0.420 e. The minimum absolute atomic E-state index is 0.0347. The van der Waals surface area contributed by atoms with Crippen molar-refractivity contribution in [2.24, 2.45) is 5.73 Å². The summed E-state index contributed by atoms with van der Waals surface area (Å²) in [6, 6.07) is 3.04. The van der Waals surface area contributed by atoms with E-state index in [4.69, 9.17) is 10.5 Å². The first-order chi connectivity index (χ1) is 9.95. The zero-order valence-electron chi connectivity index (χ0n) is 11.3.